The third-order valence-electron chi connectivity index (χ3n) is 2.43. The van der Waals surface area contributed by atoms with E-state index in [2.05, 4.69) is 15.1 Å². The van der Waals surface area contributed by atoms with Gasteiger partial charge in [0.15, 0.2) is 0 Å². The summed E-state index contributed by atoms with van der Waals surface area (Å²) in [4.78, 5) is 6.31. The Morgan fingerprint density at radius 3 is 3.47 bits per heavy atom. The molecule has 0 aliphatic carbocycles. The third kappa shape index (κ3) is 2.51. The maximum atomic E-state index is 8.50. The Morgan fingerprint density at radius 2 is 2.63 bits per heavy atom. The van der Waals surface area contributed by atoms with Crippen molar-refractivity contribution in [3.8, 4) is 0 Å². The van der Waals surface area contributed by atoms with Crippen molar-refractivity contribution >= 4 is 10.9 Å². The molecular weight excluding hydrogens is 238 g/mol. The van der Waals surface area contributed by atoms with Gasteiger partial charge in [-0.3, -0.25) is 0 Å². The summed E-state index contributed by atoms with van der Waals surface area (Å²) in [5.74, 6) is 0. The van der Waals surface area contributed by atoms with Gasteiger partial charge in [-0.15, -0.1) is 0 Å². The Balaban J connectivity index is 2.25. The molecule has 0 aliphatic rings. The van der Waals surface area contributed by atoms with Crippen molar-refractivity contribution in [3.05, 3.63) is 48.1 Å². The Labute approximate surface area is 127 Å². The summed E-state index contributed by atoms with van der Waals surface area (Å²) < 4.78 is 88.2. The zero-order chi connectivity index (χ0) is 22.7. The van der Waals surface area contributed by atoms with Crippen LogP contribution in [0.3, 0.4) is 0 Å². The number of hydrogen-bond donors (Lipinski definition) is 2. The van der Waals surface area contributed by atoms with Gasteiger partial charge in [0.05, 0.1) is 12.0 Å². The fourth-order valence-corrected chi connectivity index (χ4v) is 1.63. The number of H-pyrrole nitrogens is 1. The summed E-state index contributed by atoms with van der Waals surface area (Å²) in [6, 6.07) is 0.275. The number of aromatic nitrogens is 4. The molecule has 0 radical (unpaired) electrons. The fourth-order valence-electron chi connectivity index (χ4n) is 1.63. The van der Waals surface area contributed by atoms with E-state index in [0.717, 1.165) is 23.5 Å². The van der Waals surface area contributed by atoms with Crippen LogP contribution >= 0.6 is 0 Å². The number of aryl methyl sites for hydroxylation is 1. The van der Waals surface area contributed by atoms with E-state index in [-0.39, 0.29) is 22.5 Å². The number of benzene rings is 1. The average Bonchev–Trinajstić information content (AvgIpc) is 3.22. The van der Waals surface area contributed by atoms with Crippen molar-refractivity contribution in [3.63, 3.8) is 0 Å². The molecule has 0 saturated heterocycles. The lowest BCUT2D eigenvalue weighted by atomic mass is 10.1. The highest BCUT2D eigenvalue weighted by Gasteiger charge is 2.05. The maximum Gasteiger partial charge on any atom is 0.137 e. The molecule has 98 valence electrons. The number of nitrogens with zero attached hydrogens (tertiary/aromatic N) is 3. The summed E-state index contributed by atoms with van der Waals surface area (Å²) in [5.41, 5.74) is -0.715. The molecule has 2 N–H and O–H groups in total. The van der Waals surface area contributed by atoms with Crippen LogP contribution in [0.15, 0.2) is 37.0 Å². The molecule has 0 aliphatic heterocycles. The SMILES string of the molecule is [2H]c1cc2[nH]cc(C([2H])([2H])C([2H])([2H])NC([2H])([2H])[2H])c2c([2H])c1C([2H])([2H])n1cncn1. The lowest BCUT2D eigenvalue weighted by molar-refractivity contribution is 0.685. The summed E-state index contributed by atoms with van der Waals surface area (Å²) in [7, 11) is 0. The monoisotopic (exact) mass is 266 g/mol. The van der Waals surface area contributed by atoms with Crippen molar-refractivity contribution in [2.24, 2.45) is 0 Å². The van der Waals surface area contributed by atoms with E-state index in [4.69, 9.17) is 15.1 Å². The van der Waals surface area contributed by atoms with Crippen molar-refractivity contribution in [1.82, 2.24) is 25.1 Å². The van der Waals surface area contributed by atoms with Gasteiger partial charge in [0.2, 0.25) is 0 Å². The second-order valence-corrected chi connectivity index (χ2v) is 3.61. The number of rotatable bonds is 5. The molecule has 0 spiro atoms. The van der Waals surface area contributed by atoms with E-state index in [9.17, 15) is 0 Å². The van der Waals surface area contributed by atoms with Crippen LogP contribution in [0.25, 0.3) is 10.9 Å². The molecule has 3 rings (SSSR count). The zero-order valence-electron chi connectivity index (χ0n) is 20.7. The summed E-state index contributed by atoms with van der Waals surface area (Å²) >= 11 is 0. The highest BCUT2D eigenvalue weighted by molar-refractivity contribution is 5.83. The number of aromatic amines is 1. The molecule has 2 aromatic heterocycles. The Kier molecular flexibility index (Phi) is 1.31. The van der Waals surface area contributed by atoms with E-state index < -0.39 is 37.9 Å². The molecule has 0 fully saturated rings. The third-order valence-corrected chi connectivity index (χ3v) is 2.43. The van der Waals surface area contributed by atoms with E-state index >= 15 is 0 Å². The fraction of sp³-hybridized carbons (Fsp3) is 0.286. The van der Waals surface area contributed by atoms with Crippen LogP contribution in [0.5, 0.6) is 0 Å². The molecule has 0 bridgehead atoms. The predicted octanol–water partition coefficient (Wildman–Crippen LogP) is 1.57. The van der Waals surface area contributed by atoms with Crippen LogP contribution in [0, 0.1) is 0 Å². The molecular formula is C14H17N5. The Hall–Kier alpha value is -2.14. The van der Waals surface area contributed by atoms with E-state index in [1.54, 1.807) is 5.32 Å². The number of fused-ring (bicyclic) bond motifs is 1. The van der Waals surface area contributed by atoms with Crippen LogP contribution in [0.4, 0.5) is 0 Å². The zero-order valence-corrected chi connectivity index (χ0v) is 9.65. The first-order chi connectivity index (χ1) is 13.6. The van der Waals surface area contributed by atoms with Gasteiger partial charge in [-0.05, 0) is 43.1 Å². The van der Waals surface area contributed by atoms with Gasteiger partial charge in [0, 0.05) is 26.7 Å². The smallest absolute Gasteiger partial charge is 0.137 e. The van der Waals surface area contributed by atoms with E-state index in [0.29, 0.717) is 0 Å². The van der Waals surface area contributed by atoms with Gasteiger partial charge < -0.3 is 10.3 Å². The molecule has 19 heavy (non-hydrogen) atoms. The first-order valence-corrected chi connectivity index (χ1v) is 5.36. The largest absolute Gasteiger partial charge is 0.361 e. The Morgan fingerprint density at radius 1 is 1.63 bits per heavy atom. The van der Waals surface area contributed by atoms with Gasteiger partial charge >= 0.3 is 0 Å². The van der Waals surface area contributed by atoms with Crippen molar-refractivity contribution in [1.29, 1.82) is 0 Å². The minimum Gasteiger partial charge on any atom is -0.361 e. The highest BCUT2D eigenvalue weighted by atomic mass is 15.3. The standard InChI is InChI=1S/C14H17N5/c1-15-5-4-12-7-17-14-3-2-11(6-13(12)14)8-19-10-16-9-18-19/h2-3,6-7,9-10,15,17H,4-5,8H2,1H3/i1D3,2D,4D2,5D2,6D,8D2. The Bertz CT molecular complexity index is 1070. The van der Waals surface area contributed by atoms with Gasteiger partial charge in [-0.2, -0.15) is 5.10 Å². The van der Waals surface area contributed by atoms with Gasteiger partial charge in [0.25, 0.3) is 0 Å². The molecule has 0 saturated carbocycles. The first kappa shape index (κ1) is 4.76. The lowest BCUT2D eigenvalue weighted by Crippen LogP contribution is -2.09. The van der Waals surface area contributed by atoms with Crippen LogP contribution in [0.1, 0.15) is 26.2 Å². The van der Waals surface area contributed by atoms with Crippen LogP contribution < -0.4 is 5.32 Å². The first-order valence-electron chi connectivity index (χ1n) is 10.9. The van der Waals surface area contributed by atoms with E-state index in [1.807, 2.05) is 0 Å². The van der Waals surface area contributed by atoms with Crippen molar-refractivity contribution in [2.45, 2.75) is 12.9 Å². The van der Waals surface area contributed by atoms with Gasteiger partial charge in [-0.25, -0.2) is 9.67 Å². The van der Waals surface area contributed by atoms with Crippen molar-refractivity contribution in [2.75, 3.05) is 13.5 Å². The molecule has 0 amide bonds. The minimum absolute atomic E-state index is 0.103. The molecule has 2 heterocycles. The number of likely N-dealkylation sites (N-methyl/N-ethyl adjacent to an activating group) is 1. The van der Waals surface area contributed by atoms with Crippen molar-refractivity contribution < 1.29 is 15.1 Å². The van der Waals surface area contributed by atoms with Crippen LogP contribution in [0.2, 0.25) is 0 Å². The van der Waals surface area contributed by atoms with Crippen LogP contribution in [-0.2, 0) is 12.9 Å². The summed E-state index contributed by atoms with van der Waals surface area (Å²) in [6.07, 6.45) is 0.296. The average molecular weight is 266 g/mol. The molecule has 0 atom stereocenters. The highest BCUT2D eigenvalue weighted by Crippen LogP contribution is 2.20. The van der Waals surface area contributed by atoms with Gasteiger partial charge in [-0.1, -0.05) is 6.04 Å². The van der Waals surface area contributed by atoms with Crippen LogP contribution in [-0.4, -0.2) is 33.2 Å². The van der Waals surface area contributed by atoms with E-state index in [1.165, 1.54) is 6.07 Å². The quantitative estimate of drug-likeness (QED) is 0.737. The topological polar surface area (TPSA) is 58.5 Å². The number of nitrogens with one attached hydrogen (secondary N) is 2. The summed E-state index contributed by atoms with van der Waals surface area (Å²) in [5, 5.41) is 5.18. The molecule has 5 nitrogen and oxygen atoms in total. The number of hydrogen-bond acceptors (Lipinski definition) is 3. The van der Waals surface area contributed by atoms with Gasteiger partial charge in [0.1, 0.15) is 12.7 Å². The molecule has 0 unspecified atom stereocenters. The second-order valence-electron chi connectivity index (χ2n) is 3.61. The minimum atomic E-state index is -3.06. The normalized spacial score (nSPS) is 22.6. The molecule has 1 aromatic carbocycles. The molecule has 5 heteroatoms. The lowest BCUT2D eigenvalue weighted by Gasteiger charge is -2.03. The summed E-state index contributed by atoms with van der Waals surface area (Å²) in [6.45, 7) is -8.52. The predicted molar refractivity (Wildman–Crippen MR) is 75.1 cm³/mol. The maximum absolute atomic E-state index is 8.50. The second kappa shape index (κ2) is 5.24. The molecule has 3 aromatic rings.